The van der Waals surface area contributed by atoms with Crippen molar-refractivity contribution < 1.29 is 0 Å². The number of rotatable bonds is 7. The van der Waals surface area contributed by atoms with Gasteiger partial charge >= 0.3 is 0 Å². The molecule has 2 heteroatoms. The Morgan fingerprint density at radius 2 is 0.812 bits per heavy atom. The summed E-state index contributed by atoms with van der Waals surface area (Å²) in [5, 5.41) is 0. The summed E-state index contributed by atoms with van der Waals surface area (Å²) in [6, 6.07) is 33.8. The molecule has 0 fully saturated rings. The predicted octanol–water partition coefficient (Wildman–Crippen LogP) is 7.59. The molecule has 0 heterocycles. The Kier molecular flexibility index (Phi) is 7.04. The number of hydrogen-bond donors (Lipinski definition) is 0. The third kappa shape index (κ3) is 6.36. The number of nitrogens with zero attached hydrogens (tertiary/aromatic N) is 2. The van der Waals surface area contributed by atoms with Gasteiger partial charge in [-0.1, -0.05) is 83.9 Å². The molecule has 0 radical (unpaired) electrons. The van der Waals surface area contributed by atoms with Gasteiger partial charge in [0.15, 0.2) is 0 Å². The van der Waals surface area contributed by atoms with Crippen molar-refractivity contribution in [2.45, 2.75) is 26.7 Å². The molecule has 4 aromatic carbocycles. The number of aliphatic imine (C=N–C) groups is 2. The summed E-state index contributed by atoms with van der Waals surface area (Å²) in [4.78, 5) is 9.16. The fourth-order valence-corrected chi connectivity index (χ4v) is 3.39. The summed E-state index contributed by atoms with van der Waals surface area (Å²) in [7, 11) is 0. The fourth-order valence-electron chi connectivity index (χ4n) is 3.39. The monoisotopic (exact) mass is 416 g/mol. The summed E-state index contributed by atoms with van der Waals surface area (Å²) in [5.41, 5.74) is 9.35. The Bertz CT molecular complexity index is 1080. The second-order valence-corrected chi connectivity index (χ2v) is 8.17. The van der Waals surface area contributed by atoms with E-state index in [1.165, 1.54) is 22.3 Å². The van der Waals surface area contributed by atoms with Crippen molar-refractivity contribution >= 4 is 23.8 Å². The molecule has 32 heavy (non-hydrogen) atoms. The van der Waals surface area contributed by atoms with Crippen molar-refractivity contribution in [2.24, 2.45) is 9.98 Å². The third-order valence-corrected chi connectivity index (χ3v) is 5.46. The highest BCUT2D eigenvalue weighted by Crippen LogP contribution is 2.17. The van der Waals surface area contributed by atoms with Crippen LogP contribution in [0.25, 0.3) is 0 Å². The van der Waals surface area contributed by atoms with Crippen LogP contribution in [0.1, 0.15) is 33.4 Å². The number of aryl methyl sites for hydroxylation is 4. The van der Waals surface area contributed by atoms with E-state index in [4.69, 9.17) is 0 Å². The molecule has 0 amide bonds. The standard InChI is InChI=1S/C30H28N2/c1-23-3-7-27(8-4-23)21-31-29-17-13-25(14-18-29)11-12-26-15-19-30(20-16-26)32-22-28-9-5-24(2)6-10-28/h3-10,13-22H,11-12H2,1-2H3. The molecule has 0 unspecified atom stereocenters. The van der Waals surface area contributed by atoms with E-state index < -0.39 is 0 Å². The maximum absolute atomic E-state index is 4.58. The second-order valence-electron chi connectivity index (χ2n) is 8.17. The summed E-state index contributed by atoms with van der Waals surface area (Å²) < 4.78 is 0. The van der Waals surface area contributed by atoms with Gasteiger partial charge in [-0.05, 0) is 73.2 Å². The largest absolute Gasteiger partial charge is 0.256 e. The highest BCUT2D eigenvalue weighted by atomic mass is 14.7. The first-order valence-electron chi connectivity index (χ1n) is 11.0. The first-order chi connectivity index (χ1) is 15.6. The summed E-state index contributed by atoms with van der Waals surface area (Å²) in [6.45, 7) is 4.18. The molecule has 0 saturated heterocycles. The van der Waals surface area contributed by atoms with Crippen molar-refractivity contribution in [1.29, 1.82) is 0 Å². The molecule has 4 aromatic rings. The topological polar surface area (TPSA) is 24.7 Å². The summed E-state index contributed by atoms with van der Waals surface area (Å²) in [6.07, 6.45) is 5.84. The highest BCUT2D eigenvalue weighted by Gasteiger charge is 1.98. The smallest absolute Gasteiger partial charge is 0.0630 e. The van der Waals surface area contributed by atoms with Crippen LogP contribution < -0.4 is 0 Å². The lowest BCUT2D eigenvalue weighted by molar-refractivity contribution is 0.960. The van der Waals surface area contributed by atoms with Gasteiger partial charge in [-0.15, -0.1) is 0 Å². The molecular weight excluding hydrogens is 388 g/mol. The van der Waals surface area contributed by atoms with E-state index in [1.807, 2.05) is 12.4 Å². The summed E-state index contributed by atoms with van der Waals surface area (Å²) >= 11 is 0. The van der Waals surface area contributed by atoms with Gasteiger partial charge in [0.05, 0.1) is 11.4 Å². The molecule has 0 atom stereocenters. The highest BCUT2D eigenvalue weighted by molar-refractivity contribution is 5.82. The van der Waals surface area contributed by atoms with Crippen molar-refractivity contribution in [3.05, 3.63) is 130 Å². The van der Waals surface area contributed by atoms with E-state index in [0.717, 1.165) is 35.3 Å². The maximum atomic E-state index is 4.58. The zero-order chi connectivity index (χ0) is 22.2. The van der Waals surface area contributed by atoms with Crippen LogP contribution in [-0.4, -0.2) is 12.4 Å². The van der Waals surface area contributed by atoms with Crippen LogP contribution in [0.5, 0.6) is 0 Å². The van der Waals surface area contributed by atoms with Crippen LogP contribution in [0, 0.1) is 13.8 Å². The SMILES string of the molecule is Cc1ccc(C=Nc2ccc(CCc3ccc(N=Cc4ccc(C)cc4)cc3)cc2)cc1. The first-order valence-corrected chi connectivity index (χ1v) is 11.0. The average molecular weight is 417 g/mol. The Morgan fingerprint density at radius 3 is 1.16 bits per heavy atom. The van der Waals surface area contributed by atoms with E-state index in [0.29, 0.717) is 0 Å². The van der Waals surface area contributed by atoms with Gasteiger partial charge in [0, 0.05) is 12.4 Å². The van der Waals surface area contributed by atoms with E-state index in [2.05, 4.69) is 121 Å². The molecule has 0 aliphatic heterocycles. The van der Waals surface area contributed by atoms with Gasteiger partial charge in [-0.25, -0.2) is 0 Å². The van der Waals surface area contributed by atoms with E-state index in [-0.39, 0.29) is 0 Å². The molecule has 0 aliphatic carbocycles. The quantitative estimate of drug-likeness (QED) is 0.277. The van der Waals surface area contributed by atoms with Gasteiger partial charge in [0.1, 0.15) is 0 Å². The van der Waals surface area contributed by atoms with Gasteiger partial charge in [0.25, 0.3) is 0 Å². The van der Waals surface area contributed by atoms with Crippen LogP contribution in [0.4, 0.5) is 11.4 Å². The van der Waals surface area contributed by atoms with Crippen LogP contribution in [-0.2, 0) is 12.8 Å². The lowest BCUT2D eigenvalue weighted by Gasteiger charge is -2.04. The lowest BCUT2D eigenvalue weighted by atomic mass is 10.0. The summed E-state index contributed by atoms with van der Waals surface area (Å²) in [5.74, 6) is 0. The maximum Gasteiger partial charge on any atom is 0.0630 e. The van der Waals surface area contributed by atoms with Crippen molar-refractivity contribution in [1.82, 2.24) is 0 Å². The van der Waals surface area contributed by atoms with Crippen LogP contribution >= 0.6 is 0 Å². The van der Waals surface area contributed by atoms with E-state index in [9.17, 15) is 0 Å². The van der Waals surface area contributed by atoms with Crippen molar-refractivity contribution in [3.8, 4) is 0 Å². The van der Waals surface area contributed by atoms with Crippen LogP contribution in [0.3, 0.4) is 0 Å². The normalized spacial score (nSPS) is 11.4. The van der Waals surface area contributed by atoms with Gasteiger partial charge in [-0.2, -0.15) is 0 Å². The molecule has 0 spiro atoms. The van der Waals surface area contributed by atoms with E-state index >= 15 is 0 Å². The van der Waals surface area contributed by atoms with Crippen LogP contribution in [0.2, 0.25) is 0 Å². The second kappa shape index (κ2) is 10.5. The Balaban J connectivity index is 1.29. The molecular formula is C30H28N2. The minimum absolute atomic E-state index is 0.977. The zero-order valence-electron chi connectivity index (χ0n) is 18.7. The fraction of sp³-hybridized carbons (Fsp3) is 0.133. The third-order valence-electron chi connectivity index (χ3n) is 5.46. The van der Waals surface area contributed by atoms with Gasteiger partial charge < -0.3 is 0 Å². The predicted molar refractivity (Wildman–Crippen MR) is 137 cm³/mol. The van der Waals surface area contributed by atoms with Gasteiger partial charge in [0.2, 0.25) is 0 Å². The van der Waals surface area contributed by atoms with E-state index in [1.54, 1.807) is 0 Å². The Hall–Kier alpha value is -3.78. The molecule has 158 valence electrons. The first kappa shape index (κ1) is 21.5. The Labute approximate surface area is 191 Å². The molecule has 0 N–H and O–H groups in total. The molecule has 0 aromatic heterocycles. The molecule has 4 rings (SSSR count). The Morgan fingerprint density at radius 1 is 0.469 bits per heavy atom. The molecule has 0 aliphatic rings. The average Bonchev–Trinajstić information content (AvgIpc) is 2.83. The molecule has 0 bridgehead atoms. The number of hydrogen-bond acceptors (Lipinski definition) is 2. The molecule has 2 nitrogen and oxygen atoms in total. The molecule has 0 saturated carbocycles. The zero-order valence-corrected chi connectivity index (χ0v) is 18.7. The van der Waals surface area contributed by atoms with Crippen molar-refractivity contribution in [3.63, 3.8) is 0 Å². The number of benzene rings is 4. The van der Waals surface area contributed by atoms with Crippen molar-refractivity contribution in [2.75, 3.05) is 0 Å². The van der Waals surface area contributed by atoms with Gasteiger partial charge in [-0.3, -0.25) is 9.98 Å². The van der Waals surface area contributed by atoms with Crippen LogP contribution in [0.15, 0.2) is 107 Å². The minimum Gasteiger partial charge on any atom is -0.256 e. The minimum atomic E-state index is 0.977. The lowest BCUT2D eigenvalue weighted by Crippen LogP contribution is -1.90.